The predicted octanol–water partition coefficient (Wildman–Crippen LogP) is 7.66. The molecule has 13 rings (SSSR count). The molecule has 0 aromatic heterocycles. The highest BCUT2D eigenvalue weighted by molar-refractivity contribution is 6.02. The van der Waals surface area contributed by atoms with Gasteiger partial charge in [0.2, 0.25) is 29.5 Å². The van der Waals surface area contributed by atoms with E-state index in [-0.39, 0.29) is 234 Å². The lowest BCUT2D eigenvalue weighted by Crippen LogP contribution is -2.75. The van der Waals surface area contributed by atoms with Gasteiger partial charge in [0.25, 0.3) is 0 Å². The van der Waals surface area contributed by atoms with Crippen molar-refractivity contribution < 1.29 is 99.9 Å². The lowest BCUT2D eigenvalue weighted by molar-refractivity contribution is -0.209. The summed E-state index contributed by atoms with van der Waals surface area (Å²) < 4.78 is 89.4. The van der Waals surface area contributed by atoms with E-state index in [4.69, 9.17) is 66.3 Å². The number of amides is 6. The van der Waals surface area contributed by atoms with Gasteiger partial charge < -0.3 is 98.2 Å². The maximum atomic E-state index is 16.7. The summed E-state index contributed by atoms with van der Waals surface area (Å²) in [5.41, 5.74) is -9.59. The zero-order chi connectivity index (χ0) is 72.9. The molecule has 6 N–H and O–H groups in total. The van der Waals surface area contributed by atoms with Gasteiger partial charge in [-0.25, -0.2) is 9.59 Å². The average Bonchev–Trinajstić information content (AvgIpc) is 1.17. The van der Waals surface area contributed by atoms with E-state index in [1.807, 2.05) is 113 Å². The van der Waals surface area contributed by atoms with Crippen molar-refractivity contribution in [1.82, 2.24) is 31.9 Å². The highest BCUT2D eigenvalue weighted by atomic mass is 16.8. The largest absolute Gasteiger partial charge is 0.467 e. The third-order valence-electron chi connectivity index (χ3n) is 26.0. The third-order valence-corrected chi connectivity index (χ3v) is 26.0. The van der Waals surface area contributed by atoms with Crippen LogP contribution in [0, 0.1) is 0 Å². The van der Waals surface area contributed by atoms with Gasteiger partial charge in [-0.3, -0.25) is 24.0 Å². The Morgan fingerprint density at radius 2 is 0.480 bits per heavy atom. The summed E-state index contributed by atoms with van der Waals surface area (Å²) in [6.45, 7) is 23.1. The molecule has 6 aliphatic heterocycles. The zero-order valence-corrected chi connectivity index (χ0v) is 62.1. The molecule has 1 aromatic carbocycles. The van der Waals surface area contributed by atoms with E-state index in [1.54, 1.807) is 0 Å². The molecule has 6 saturated heterocycles. The number of ether oxygens (including phenoxy) is 14. The smallest absolute Gasteiger partial charge is 0.408 e. The van der Waals surface area contributed by atoms with E-state index in [0.29, 0.717) is 0 Å². The maximum absolute atomic E-state index is 16.7. The summed E-state index contributed by atoms with van der Waals surface area (Å²) in [6.07, 6.45) is -1.55. The van der Waals surface area contributed by atoms with Crippen molar-refractivity contribution in [2.75, 3.05) is 7.11 Å². The number of carbonyl (C=O) groups excluding carboxylic acids is 7. The molecule has 27 nitrogen and oxygen atoms in total. The Bertz CT molecular complexity index is 3210. The quantitative estimate of drug-likeness (QED) is 0.0973. The molecule has 27 heteroatoms. The maximum Gasteiger partial charge on any atom is 0.408 e. The molecule has 0 bridgehead atoms. The topological polar surface area (TPSA) is 321 Å². The van der Waals surface area contributed by atoms with Gasteiger partial charge in [0.05, 0.1) is 80.4 Å². The number of hydrogen-bond acceptors (Lipinski definition) is 21. The van der Waals surface area contributed by atoms with E-state index in [0.717, 1.165) is 5.56 Å². The van der Waals surface area contributed by atoms with Crippen LogP contribution in [0.1, 0.15) is 243 Å². The summed E-state index contributed by atoms with van der Waals surface area (Å²) in [5.74, 6) is -10.4. The van der Waals surface area contributed by atoms with Crippen LogP contribution in [0.2, 0.25) is 0 Å². The van der Waals surface area contributed by atoms with Crippen molar-refractivity contribution in [1.29, 1.82) is 0 Å². The van der Waals surface area contributed by atoms with Gasteiger partial charge in [0.1, 0.15) is 39.8 Å². The number of alkyl carbamates (subject to hydrolysis) is 1. The van der Waals surface area contributed by atoms with Crippen molar-refractivity contribution in [3.05, 3.63) is 35.9 Å². The molecule has 12 atom stereocenters. The SMILES string of the molecule is COC(=O)C1(NC(=O)C2(NC(=O)C3(NC(=O)C4(NC(=O)C5(NC(=O)C6(NC(=O)OCc7ccccc7)CCC7(CC6)O[C@H](C)[C@@H](C)O7)CCC6(CC5)O[C@H](C)[C@@H](C)O6)CCC5(CC4)O[C@H](C)[C@@H](C)O5)CCC4(CC3)O[C@H](C)[C@@H](C)O4)CCC3(CC2)O[C@H](C)[C@@H](C)O3)CCC2(CC1)O[C@H](C)[C@@H](C)O2. The number of nitrogens with one attached hydrogen (secondary N) is 6. The van der Waals surface area contributed by atoms with Crippen molar-refractivity contribution in [3.63, 3.8) is 0 Å². The summed E-state index contributed by atoms with van der Waals surface area (Å²) in [5, 5.41) is 19.3. The van der Waals surface area contributed by atoms with Crippen LogP contribution in [0.25, 0.3) is 0 Å². The molecular weight excluding hydrogens is 1320 g/mol. The Morgan fingerprint density at radius 3 is 0.686 bits per heavy atom. The first-order chi connectivity index (χ1) is 48.1. The number of carbonyl (C=O) groups is 7. The molecule has 0 unspecified atom stereocenters. The number of hydrogen-bond donors (Lipinski definition) is 6. The molecule has 0 radical (unpaired) electrons. The Kier molecular flexibility index (Phi) is 20.3. The number of rotatable bonds is 14. The molecule has 6 amide bonds. The van der Waals surface area contributed by atoms with Crippen LogP contribution in [0.3, 0.4) is 0 Å². The molecule has 6 spiro atoms. The first-order valence-electron chi connectivity index (χ1n) is 38.0. The van der Waals surface area contributed by atoms with Crippen LogP contribution in [0.15, 0.2) is 30.3 Å². The minimum absolute atomic E-state index is 0.0100. The van der Waals surface area contributed by atoms with Gasteiger partial charge in [0.15, 0.2) is 34.7 Å². The van der Waals surface area contributed by atoms with Gasteiger partial charge in [0, 0.05) is 77.0 Å². The van der Waals surface area contributed by atoms with Crippen molar-refractivity contribution in [3.8, 4) is 0 Å². The van der Waals surface area contributed by atoms with Gasteiger partial charge in [-0.15, -0.1) is 0 Å². The van der Waals surface area contributed by atoms with Crippen LogP contribution in [0.4, 0.5) is 4.79 Å². The summed E-state index contributed by atoms with van der Waals surface area (Å²) in [4.78, 5) is 110. The fourth-order valence-electron chi connectivity index (χ4n) is 18.4. The Balaban J connectivity index is 0.839. The van der Waals surface area contributed by atoms with Gasteiger partial charge in [-0.05, 0) is 166 Å². The van der Waals surface area contributed by atoms with Crippen molar-refractivity contribution in [2.24, 2.45) is 0 Å². The molecular formula is C75H112N6O21. The van der Waals surface area contributed by atoms with E-state index >= 15 is 24.0 Å². The van der Waals surface area contributed by atoms with Crippen LogP contribution in [0.5, 0.6) is 0 Å². The van der Waals surface area contributed by atoms with Crippen molar-refractivity contribution >= 4 is 41.6 Å². The van der Waals surface area contributed by atoms with Crippen LogP contribution in [-0.4, -0.2) is 190 Å². The van der Waals surface area contributed by atoms with Crippen LogP contribution < -0.4 is 31.9 Å². The number of benzene rings is 1. The first kappa shape index (κ1) is 75.1. The Morgan fingerprint density at radius 1 is 0.294 bits per heavy atom. The minimum atomic E-state index is -1.82. The Hall–Kier alpha value is -5.17. The van der Waals surface area contributed by atoms with Crippen molar-refractivity contribution in [2.45, 2.75) is 385 Å². The second kappa shape index (κ2) is 27.6. The molecule has 1 aromatic rings. The zero-order valence-electron chi connectivity index (χ0n) is 62.1. The van der Waals surface area contributed by atoms with E-state index < -0.39 is 110 Å². The summed E-state index contributed by atoms with van der Waals surface area (Å²) >= 11 is 0. The van der Waals surface area contributed by atoms with E-state index in [9.17, 15) is 9.59 Å². The fraction of sp³-hybridized carbons (Fsp3) is 0.827. The normalized spacial score (nSPS) is 40.2. The lowest BCUT2D eigenvalue weighted by Gasteiger charge is -2.51. The number of esters is 1. The average molecular weight is 1430 g/mol. The van der Waals surface area contributed by atoms with Crippen LogP contribution >= 0.6 is 0 Å². The van der Waals surface area contributed by atoms with Gasteiger partial charge >= 0.3 is 12.1 Å². The molecule has 6 saturated carbocycles. The van der Waals surface area contributed by atoms with Gasteiger partial charge in [-0.2, -0.15) is 0 Å². The predicted molar refractivity (Wildman–Crippen MR) is 363 cm³/mol. The molecule has 6 heterocycles. The molecule has 102 heavy (non-hydrogen) atoms. The van der Waals surface area contributed by atoms with E-state index in [1.165, 1.54) is 7.11 Å². The highest BCUT2D eigenvalue weighted by Gasteiger charge is 2.65. The summed E-state index contributed by atoms with van der Waals surface area (Å²) in [7, 11) is 1.28. The van der Waals surface area contributed by atoms with Crippen LogP contribution in [-0.2, 0) is 102 Å². The molecule has 12 aliphatic rings. The minimum Gasteiger partial charge on any atom is -0.467 e. The Labute approximate surface area is 599 Å². The standard InChI is InChI=1S/C75H112N6O21/c1-44-45(2)92-70(91-44)31-19-64(20-32-70,77-59(84)66(23-35-72(36-24-66)95-48(5)49(6)96-72)79-61(86)68(81-63(88)90-43-56-17-15-14-16-18-56)27-39-74(40-28-68)99-52(9)53(10)100-74)57(82)76-65(21-33-71(34-22-65)93-46(3)47(4)94-71)58(83)78-67(25-37-73(38-26-67)97-50(7)51(8)98-73)60(85)80-69(62(87)89-13)29-41-75(42-30-69)101-54(11)55(12)102-75/h14-18,44-55H,19-43H2,1-13H3,(H,76,82)(H,77,84)(H,78,83)(H,79,86)(H,80,85)(H,81,88)/t44-,45-,46-,47-,48-,49-,50-,51-,52-,53-,54-,55-/m1/s1. The lowest BCUT2D eigenvalue weighted by atomic mass is 9.72. The third kappa shape index (κ3) is 14.0. The second-order valence-electron chi connectivity index (χ2n) is 32.8. The first-order valence-corrected chi connectivity index (χ1v) is 38.0. The molecule has 568 valence electrons. The fourth-order valence-corrected chi connectivity index (χ4v) is 18.4. The number of methoxy groups -OCH3 is 1. The molecule has 6 aliphatic carbocycles. The highest BCUT2D eigenvalue weighted by Crippen LogP contribution is 2.53. The van der Waals surface area contributed by atoms with Gasteiger partial charge in [-0.1, -0.05) is 30.3 Å². The van der Waals surface area contributed by atoms with E-state index in [2.05, 4.69) is 31.9 Å². The summed E-state index contributed by atoms with van der Waals surface area (Å²) in [6, 6.07) is 9.18. The monoisotopic (exact) mass is 1430 g/mol. The molecule has 12 fully saturated rings. The second-order valence-corrected chi connectivity index (χ2v) is 32.8.